The summed E-state index contributed by atoms with van der Waals surface area (Å²) in [6.07, 6.45) is 8.57. The van der Waals surface area contributed by atoms with E-state index >= 15 is 0 Å². The molecule has 2 aliphatic rings. The molecule has 1 saturated heterocycles. The molecule has 0 bridgehead atoms. The van der Waals surface area contributed by atoms with E-state index in [1.807, 2.05) is 35.2 Å². The molecule has 154 valence electrons. The average molecular weight is 402 g/mol. The summed E-state index contributed by atoms with van der Waals surface area (Å²) in [7, 11) is 1.37. The molecule has 30 heavy (non-hydrogen) atoms. The van der Waals surface area contributed by atoms with Crippen LogP contribution in [0.2, 0.25) is 0 Å². The Balaban J connectivity index is 1.71. The molecule has 1 fully saturated rings. The Morgan fingerprint density at radius 3 is 2.73 bits per heavy atom. The number of carbonyl (C=O) groups excluding carboxylic acids is 2. The lowest BCUT2D eigenvalue weighted by Crippen LogP contribution is -2.30. The van der Waals surface area contributed by atoms with E-state index in [1.54, 1.807) is 6.08 Å². The third-order valence-electron chi connectivity index (χ3n) is 6.22. The fourth-order valence-corrected chi connectivity index (χ4v) is 4.78. The van der Waals surface area contributed by atoms with Gasteiger partial charge < -0.3 is 9.64 Å². The van der Waals surface area contributed by atoms with Crippen LogP contribution in [-0.2, 0) is 20.9 Å². The lowest BCUT2D eigenvalue weighted by atomic mass is 9.75. The van der Waals surface area contributed by atoms with Crippen LogP contribution in [0.1, 0.15) is 36.1 Å². The van der Waals surface area contributed by atoms with Crippen LogP contribution in [0, 0.1) is 17.8 Å². The number of hydrogen-bond donors (Lipinski definition) is 0. The zero-order valence-electron chi connectivity index (χ0n) is 17.4. The lowest BCUT2D eigenvalue weighted by molar-refractivity contribution is -0.135. The highest BCUT2D eigenvalue weighted by Gasteiger charge is 2.50. The largest absolute Gasteiger partial charge is 0.466 e. The fraction of sp³-hybridized carbons (Fsp3) is 0.308. The molecule has 4 atom stereocenters. The van der Waals surface area contributed by atoms with E-state index in [2.05, 4.69) is 43.3 Å². The van der Waals surface area contributed by atoms with Gasteiger partial charge in [0.15, 0.2) is 0 Å². The van der Waals surface area contributed by atoms with Crippen molar-refractivity contribution in [2.24, 2.45) is 17.8 Å². The van der Waals surface area contributed by atoms with E-state index in [-0.39, 0.29) is 29.8 Å². The van der Waals surface area contributed by atoms with Gasteiger partial charge in [-0.1, -0.05) is 67.6 Å². The zero-order chi connectivity index (χ0) is 21.1. The van der Waals surface area contributed by atoms with E-state index in [1.165, 1.54) is 13.2 Å². The molecule has 0 N–H and O–H groups in total. The number of benzene rings is 2. The maximum atomic E-state index is 13.5. The van der Waals surface area contributed by atoms with Crippen LogP contribution in [0.25, 0.3) is 6.08 Å². The van der Waals surface area contributed by atoms with Crippen molar-refractivity contribution in [1.82, 2.24) is 4.90 Å². The Hall–Kier alpha value is -3.14. The molecule has 4 heteroatoms. The number of likely N-dealkylation sites (tertiary alicyclic amines) is 1. The number of allylic oxidation sites excluding steroid dienone is 1. The first kappa shape index (κ1) is 20.1. The summed E-state index contributed by atoms with van der Waals surface area (Å²) in [6.45, 7) is 2.78. The van der Waals surface area contributed by atoms with Gasteiger partial charge in [-0.3, -0.25) is 4.79 Å². The number of fused-ring (bicyclic) bond motifs is 1. The molecule has 1 amide bonds. The highest BCUT2D eigenvalue weighted by atomic mass is 16.5. The molecule has 0 aromatic heterocycles. The smallest absolute Gasteiger partial charge is 0.330 e. The summed E-state index contributed by atoms with van der Waals surface area (Å²) in [6, 6.07) is 18.2. The summed E-state index contributed by atoms with van der Waals surface area (Å²) in [4.78, 5) is 27.0. The number of ether oxygens (including phenoxy) is 1. The Bertz CT molecular complexity index is 979. The third kappa shape index (κ3) is 3.95. The van der Waals surface area contributed by atoms with Crippen molar-refractivity contribution >= 4 is 18.0 Å². The normalized spacial score (nSPS) is 25.5. The van der Waals surface area contributed by atoms with Crippen molar-refractivity contribution < 1.29 is 14.3 Å². The predicted molar refractivity (Wildman–Crippen MR) is 117 cm³/mol. The zero-order valence-corrected chi connectivity index (χ0v) is 17.4. The summed E-state index contributed by atoms with van der Waals surface area (Å²) in [5.74, 6) is 0.355. The number of amides is 1. The van der Waals surface area contributed by atoms with Gasteiger partial charge in [0.05, 0.1) is 13.2 Å². The monoisotopic (exact) mass is 401 g/mol. The molecule has 0 unspecified atom stereocenters. The second kappa shape index (κ2) is 8.70. The summed E-state index contributed by atoms with van der Waals surface area (Å²) in [5, 5.41) is 0. The van der Waals surface area contributed by atoms with Crippen LogP contribution in [0.5, 0.6) is 0 Å². The van der Waals surface area contributed by atoms with Crippen LogP contribution in [-0.4, -0.2) is 23.9 Å². The van der Waals surface area contributed by atoms with Crippen molar-refractivity contribution in [1.29, 1.82) is 0 Å². The van der Waals surface area contributed by atoms with Gasteiger partial charge in [0.25, 0.3) is 0 Å². The highest BCUT2D eigenvalue weighted by molar-refractivity contribution is 5.87. The van der Waals surface area contributed by atoms with Crippen molar-refractivity contribution in [3.8, 4) is 0 Å². The van der Waals surface area contributed by atoms with Crippen LogP contribution in [0.4, 0.5) is 0 Å². The van der Waals surface area contributed by atoms with Crippen LogP contribution in [0.15, 0.2) is 72.8 Å². The molecule has 0 spiro atoms. The molecular formula is C26H27NO3. The van der Waals surface area contributed by atoms with E-state index in [9.17, 15) is 9.59 Å². The van der Waals surface area contributed by atoms with E-state index in [4.69, 9.17) is 4.74 Å². The van der Waals surface area contributed by atoms with Gasteiger partial charge in [-0.15, -0.1) is 0 Å². The lowest BCUT2D eigenvalue weighted by Gasteiger charge is -2.29. The first-order valence-corrected chi connectivity index (χ1v) is 10.5. The quantitative estimate of drug-likeness (QED) is 0.411. The Labute approximate surface area is 177 Å². The fourth-order valence-electron chi connectivity index (χ4n) is 4.78. The molecule has 0 radical (unpaired) electrons. The van der Waals surface area contributed by atoms with E-state index in [0.717, 1.165) is 23.1 Å². The topological polar surface area (TPSA) is 46.6 Å². The molecule has 0 saturated carbocycles. The van der Waals surface area contributed by atoms with Gasteiger partial charge in [-0.2, -0.15) is 0 Å². The molecule has 4 nitrogen and oxygen atoms in total. The number of rotatable bonds is 5. The average Bonchev–Trinajstić information content (AvgIpc) is 3.05. The highest BCUT2D eigenvalue weighted by Crippen LogP contribution is 2.49. The maximum Gasteiger partial charge on any atom is 0.330 e. The molecule has 1 aliphatic carbocycles. The first-order chi connectivity index (χ1) is 14.6. The van der Waals surface area contributed by atoms with Crippen LogP contribution in [0.3, 0.4) is 0 Å². The predicted octanol–water partition coefficient (Wildman–Crippen LogP) is 4.78. The molecular weight excluding hydrogens is 374 g/mol. The molecule has 2 aromatic rings. The molecule has 1 heterocycles. The summed E-state index contributed by atoms with van der Waals surface area (Å²) >= 11 is 0. The number of carbonyl (C=O) groups is 2. The molecule has 4 rings (SSSR count). The third-order valence-corrected chi connectivity index (χ3v) is 6.22. The van der Waals surface area contributed by atoms with Gasteiger partial charge in [-0.05, 0) is 41.2 Å². The number of hydrogen-bond acceptors (Lipinski definition) is 3. The summed E-state index contributed by atoms with van der Waals surface area (Å²) < 4.78 is 4.69. The van der Waals surface area contributed by atoms with Gasteiger partial charge in [0.1, 0.15) is 0 Å². The van der Waals surface area contributed by atoms with Gasteiger partial charge in [-0.25, -0.2) is 4.79 Å². The van der Waals surface area contributed by atoms with Crippen molar-refractivity contribution in [3.63, 3.8) is 0 Å². The minimum absolute atomic E-state index is 0.0120. The minimum Gasteiger partial charge on any atom is -0.466 e. The van der Waals surface area contributed by atoms with Crippen LogP contribution >= 0.6 is 0 Å². The number of methoxy groups -OCH3 is 1. The molecule has 2 aromatic carbocycles. The van der Waals surface area contributed by atoms with Gasteiger partial charge >= 0.3 is 5.97 Å². The Kier molecular flexibility index (Phi) is 5.84. The van der Waals surface area contributed by atoms with Gasteiger partial charge in [0, 0.05) is 24.5 Å². The van der Waals surface area contributed by atoms with E-state index < -0.39 is 0 Å². The standard InChI is InChI=1S/C26H27NO3/c1-18-8-6-13-22-24(18)26(29)27(17-20-9-4-3-5-10-20)25(22)21-12-7-11-19(16-21)14-15-23(28)30-2/h3-7,9-16,18,22,24-25H,8,17H2,1-2H3/b15-14+/t18-,22+,24+,25-/m0/s1. The van der Waals surface area contributed by atoms with E-state index in [0.29, 0.717) is 12.5 Å². The van der Waals surface area contributed by atoms with Crippen molar-refractivity contribution in [3.05, 3.63) is 89.5 Å². The number of nitrogens with zero attached hydrogens (tertiary/aromatic N) is 1. The minimum atomic E-state index is -0.383. The van der Waals surface area contributed by atoms with Crippen molar-refractivity contribution in [2.75, 3.05) is 7.11 Å². The Morgan fingerprint density at radius 1 is 1.17 bits per heavy atom. The molecule has 1 aliphatic heterocycles. The van der Waals surface area contributed by atoms with Crippen molar-refractivity contribution in [2.45, 2.75) is 25.9 Å². The second-order valence-corrected chi connectivity index (χ2v) is 8.17. The maximum absolute atomic E-state index is 13.5. The van der Waals surface area contributed by atoms with Gasteiger partial charge in [0.2, 0.25) is 5.91 Å². The first-order valence-electron chi connectivity index (χ1n) is 10.5. The van der Waals surface area contributed by atoms with Crippen LogP contribution < -0.4 is 0 Å². The SMILES string of the molecule is COC(=O)/C=C/c1cccc([C@H]2[C@@H]3C=CC[C@H](C)[C@H]3C(=O)N2Cc2ccccc2)c1. The number of esters is 1. The second-order valence-electron chi connectivity index (χ2n) is 8.17. The Morgan fingerprint density at radius 2 is 1.97 bits per heavy atom. The summed E-state index contributed by atoms with van der Waals surface area (Å²) in [5.41, 5.74) is 3.15.